The Balaban J connectivity index is 1.64. The normalized spacial score (nSPS) is 18.0. The Morgan fingerprint density at radius 1 is 1.09 bits per heavy atom. The smallest absolute Gasteiger partial charge is 0.354 e. The molecule has 0 bridgehead atoms. The second-order valence-electron chi connectivity index (χ2n) is 9.42. The molecule has 1 saturated carbocycles. The molecule has 5 rings (SSSR count). The van der Waals surface area contributed by atoms with Crippen LogP contribution < -0.4 is 4.90 Å². The minimum Gasteiger partial charge on any atom is -0.477 e. The van der Waals surface area contributed by atoms with Crippen molar-refractivity contribution in [2.75, 3.05) is 31.1 Å². The molecule has 0 spiro atoms. The van der Waals surface area contributed by atoms with Gasteiger partial charge in [-0.2, -0.15) is 5.10 Å². The van der Waals surface area contributed by atoms with Crippen LogP contribution in [0.15, 0.2) is 30.3 Å². The number of fused-ring (bicyclic) bond motifs is 1. The maximum Gasteiger partial charge on any atom is 0.354 e. The number of carboxylic acid groups (broad SMARTS) is 1. The van der Waals surface area contributed by atoms with Gasteiger partial charge in [-0.15, -0.1) is 0 Å². The summed E-state index contributed by atoms with van der Waals surface area (Å²) in [7, 11) is 0. The van der Waals surface area contributed by atoms with Gasteiger partial charge in [0.15, 0.2) is 11.3 Å². The zero-order valence-electron chi connectivity index (χ0n) is 19.2. The predicted molar refractivity (Wildman–Crippen MR) is 126 cm³/mol. The molecule has 0 amide bonds. The summed E-state index contributed by atoms with van der Waals surface area (Å²) in [5, 5.41) is 15.5. The Kier molecular flexibility index (Phi) is 5.78. The molecule has 1 N–H and O–H groups in total. The van der Waals surface area contributed by atoms with Gasteiger partial charge in [0.1, 0.15) is 5.82 Å². The number of carboxylic acids is 1. The molecule has 2 aromatic heterocycles. The summed E-state index contributed by atoms with van der Waals surface area (Å²) in [4.78, 5) is 21.4. The van der Waals surface area contributed by atoms with Crippen LogP contribution in [0.3, 0.4) is 0 Å². The Hall–Kier alpha value is -3.00. The molecule has 0 atom stereocenters. The number of anilines is 1. The average Bonchev–Trinajstić information content (AvgIpc) is 2.98. The third-order valence-corrected chi connectivity index (χ3v) is 6.94. The molecule has 0 radical (unpaired) electrons. The number of aromatic carboxylic acids is 1. The quantitative estimate of drug-likeness (QED) is 0.618. The molecular formula is C25H30FN5O2. The Labute approximate surface area is 192 Å². The second-order valence-corrected chi connectivity index (χ2v) is 9.42. The van der Waals surface area contributed by atoms with Gasteiger partial charge in [0, 0.05) is 32.2 Å². The highest BCUT2D eigenvalue weighted by Crippen LogP contribution is 2.36. The molecule has 0 unspecified atom stereocenters. The van der Waals surface area contributed by atoms with Crippen molar-refractivity contribution in [3.8, 4) is 5.69 Å². The number of hydrogen-bond acceptors (Lipinski definition) is 5. The van der Waals surface area contributed by atoms with Gasteiger partial charge < -0.3 is 10.0 Å². The first-order valence-corrected chi connectivity index (χ1v) is 11.8. The molecule has 174 valence electrons. The zero-order chi connectivity index (χ0) is 23.1. The summed E-state index contributed by atoms with van der Waals surface area (Å²) in [6.45, 7) is 7.90. The van der Waals surface area contributed by atoms with E-state index in [9.17, 15) is 14.3 Å². The monoisotopic (exact) mass is 451 g/mol. The van der Waals surface area contributed by atoms with Crippen LogP contribution in [0.25, 0.3) is 16.7 Å². The molecule has 1 aliphatic carbocycles. The van der Waals surface area contributed by atoms with Gasteiger partial charge in [0.25, 0.3) is 0 Å². The van der Waals surface area contributed by atoms with Gasteiger partial charge in [-0.05, 0) is 55.5 Å². The summed E-state index contributed by atoms with van der Waals surface area (Å²) < 4.78 is 15.2. The van der Waals surface area contributed by atoms with Crippen LogP contribution >= 0.6 is 0 Å². The molecule has 1 saturated heterocycles. The van der Waals surface area contributed by atoms with E-state index in [4.69, 9.17) is 5.10 Å². The second kappa shape index (κ2) is 8.74. The molecule has 7 nitrogen and oxygen atoms in total. The molecule has 2 aliphatic rings. The number of benzene rings is 1. The van der Waals surface area contributed by atoms with Crippen LogP contribution in [0.2, 0.25) is 0 Å². The Morgan fingerprint density at radius 2 is 1.85 bits per heavy atom. The van der Waals surface area contributed by atoms with Crippen molar-refractivity contribution in [1.82, 2.24) is 19.7 Å². The number of halogens is 1. The topological polar surface area (TPSA) is 74.5 Å². The molecule has 2 fully saturated rings. The van der Waals surface area contributed by atoms with Crippen molar-refractivity contribution < 1.29 is 14.3 Å². The molecule has 1 aliphatic heterocycles. The number of aromatic nitrogens is 3. The third kappa shape index (κ3) is 4.08. The average molecular weight is 452 g/mol. The largest absolute Gasteiger partial charge is 0.477 e. The molecule has 3 aromatic rings. The highest BCUT2D eigenvalue weighted by Gasteiger charge is 2.29. The number of hydrogen-bond donors (Lipinski definition) is 1. The van der Waals surface area contributed by atoms with Crippen molar-refractivity contribution in [2.24, 2.45) is 0 Å². The highest BCUT2D eigenvalue weighted by molar-refractivity contribution is 5.98. The molecule has 3 heterocycles. The first-order chi connectivity index (χ1) is 15.9. The Bertz CT molecular complexity index is 1170. The maximum absolute atomic E-state index is 13.5. The van der Waals surface area contributed by atoms with Gasteiger partial charge >= 0.3 is 5.97 Å². The molecule has 1 aromatic carbocycles. The number of nitrogens with zero attached hydrogens (tertiary/aromatic N) is 5. The summed E-state index contributed by atoms with van der Waals surface area (Å²) in [5.41, 5.74) is 2.90. The minimum atomic E-state index is -1.07. The number of pyridine rings is 1. The van der Waals surface area contributed by atoms with Crippen LogP contribution in [0.1, 0.15) is 61.6 Å². The Morgan fingerprint density at radius 3 is 2.48 bits per heavy atom. The summed E-state index contributed by atoms with van der Waals surface area (Å²) in [5.74, 6) is -1.29. The van der Waals surface area contributed by atoms with E-state index in [0.29, 0.717) is 17.4 Å². The van der Waals surface area contributed by atoms with Crippen LogP contribution in [-0.4, -0.2) is 63.0 Å². The van der Waals surface area contributed by atoms with Crippen molar-refractivity contribution in [2.45, 2.75) is 51.5 Å². The van der Waals surface area contributed by atoms with Gasteiger partial charge in [-0.1, -0.05) is 20.3 Å². The van der Waals surface area contributed by atoms with Crippen LogP contribution in [0.5, 0.6) is 0 Å². The fourth-order valence-corrected chi connectivity index (χ4v) is 4.94. The van der Waals surface area contributed by atoms with Gasteiger partial charge in [-0.3, -0.25) is 4.90 Å². The zero-order valence-corrected chi connectivity index (χ0v) is 19.2. The summed E-state index contributed by atoms with van der Waals surface area (Å²) in [6.07, 6.45) is 4.92. The van der Waals surface area contributed by atoms with E-state index in [1.165, 1.54) is 31.4 Å². The number of carbonyl (C=O) groups is 1. The van der Waals surface area contributed by atoms with Crippen molar-refractivity contribution in [3.63, 3.8) is 0 Å². The fourth-order valence-electron chi connectivity index (χ4n) is 4.94. The minimum absolute atomic E-state index is 0.00355. The van der Waals surface area contributed by atoms with Crippen LogP contribution in [0, 0.1) is 5.82 Å². The first-order valence-electron chi connectivity index (χ1n) is 11.8. The predicted octanol–water partition coefficient (Wildman–Crippen LogP) is 4.45. The fraction of sp³-hybridized carbons (Fsp3) is 0.480. The van der Waals surface area contributed by atoms with Crippen LogP contribution in [0.4, 0.5) is 10.1 Å². The number of rotatable bonds is 5. The molecule has 33 heavy (non-hydrogen) atoms. The van der Waals surface area contributed by atoms with Crippen molar-refractivity contribution in [1.29, 1.82) is 0 Å². The SMILES string of the molecule is CC(C)c1nn(-c2ccc(F)cc2)c2nc(C(=O)O)cc(N3CCCN(C4CCC4)CC3)c12. The lowest BCUT2D eigenvalue weighted by atomic mass is 9.91. The van der Waals surface area contributed by atoms with Crippen molar-refractivity contribution in [3.05, 3.63) is 47.5 Å². The summed E-state index contributed by atoms with van der Waals surface area (Å²) >= 11 is 0. The van der Waals surface area contributed by atoms with E-state index in [2.05, 4.69) is 28.6 Å². The van der Waals surface area contributed by atoms with Gasteiger partial charge in [0.05, 0.1) is 22.5 Å². The molecule has 8 heteroatoms. The maximum atomic E-state index is 13.5. The van der Waals surface area contributed by atoms with Gasteiger partial charge in [-0.25, -0.2) is 18.9 Å². The van der Waals surface area contributed by atoms with E-state index >= 15 is 0 Å². The standard InChI is InChI=1S/C25H30FN5O2/c1-16(2)23-22-21(30-12-4-11-29(13-14-30)18-5-3-6-18)15-20(25(32)33)27-24(22)31(28-23)19-9-7-17(26)8-10-19/h7-10,15-16,18H,3-6,11-14H2,1-2H3,(H,32,33). The van der Waals surface area contributed by atoms with E-state index < -0.39 is 5.97 Å². The first kappa shape index (κ1) is 21.8. The lowest BCUT2D eigenvalue weighted by Gasteiger charge is -2.36. The third-order valence-electron chi connectivity index (χ3n) is 6.94. The van der Waals surface area contributed by atoms with E-state index in [-0.39, 0.29) is 17.4 Å². The lowest BCUT2D eigenvalue weighted by Crippen LogP contribution is -2.42. The molecular weight excluding hydrogens is 421 g/mol. The van der Waals surface area contributed by atoms with Crippen molar-refractivity contribution >= 4 is 22.7 Å². The lowest BCUT2D eigenvalue weighted by molar-refractivity contribution is 0.0691. The highest BCUT2D eigenvalue weighted by atomic mass is 19.1. The van der Waals surface area contributed by atoms with Gasteiger partial charge in [0.2, 0.25) is 0 Å². The van der Waals surface area contributed by atoms with Crippen LogP contribution in [-0.2, 0) is 0 Å². The van der Waals surface area contributed by atoms with E-state index in [1.807, 2.05) is 0 Å². The summed E-state index contributed by atoms with van der Waals surface area (Å²) in [6, 6.07) is 8.44. The van der Waals surface area contributed by atoms with E-state index in [0.717, 1.165) is 49.4 Å². The van der Waals surface area contributed by atoms with E-state index in [1.54, 1.807) is 22.9 Å².